The van der Waals surface area contributed by atoms with Crippen molar-refractivity contribution in [3.8, 4) is 0 Å². The van der Waals surface area contributed by atoms with Gasteiger partial charge in [-0.25, -0.2) is 4.98 Å². The van der Waals surface area contributed by atoms with E-state index in [2.05, 4.69) is 14.5 Å². The lowest BCUT2D eigenvalue weighted by Crippen LogP contribution is -2.32. The average molecular weight is 222 g/mol. The summed E-state index contributed by atoms with van der Waals surface area (Å²) in [7, 11) is 0. The van der Waals surface area contributed by atoms with Gasteiger partial charge in [0.1, 0.15) is 0 Å². The molecule has 1 saturated heterocycles. The number of piperidine rings is 1. The fourth-order valence-electron chi connectivity index (χ4n) is 2.34. The minimum Gasteiger partial charge on any atom is -0.333 e. The van der Waals surface area contributed by atoms with Crippen molar-refractivity contribution in [1.82, 2.24) is 14.5 Å². The average Bonchev–Trinajstić information content (AvgIpc) is 2.76. The Morgan fingerprint density at radius 3 is 2.75 bits per heavy atom. The normalized spacial score (nSPS) is 17.8. The molecule has 2 rings (SSSR count). The van der Waals surface area contributed by atoms with Crippen LogP contribution in [0.1, 0.15) is 25.0 Å². The summed E-state index contributed by atoms with van der Waals surface area (Å²) in [5.74, 6) is 0. The molecule has 0 atom stereocenters. The summed E-state index contributed by atoms with van der Waals surface area (Å²) >= 11 is 0. The summed E-state index contributed by atoms with van der Waals surface area (Å²) in [6.45, 7) is 5.43. The van der Waals surface area contributed by atoms with Crippen LogP contribution in [-0.4, -0.2) is 40.6 Å². The smallest absolute Gasteiger partial charge is 0.0948 e. The molecule has 2 heterocycles. The standard InChI is InChI=1S/C12H22N4/c13-5-4-12-10-14-11-16(12)9-8-15-6-2-1-3-7-15/h10-11H,1-9,13H2. The summed E-state index contributed by atoms with van der Waals surface area (Å²) < 4.78 is 2.24. The highest BCUT2D eigenvalue weighted by molar-refractivity contribution is 4.98. The highest BCUT2D eigenvalue weighted by Gasteiger charge is 2.10. The van der Waals surface area contributed by atoms with Crippen molar-refractivity contribution in [3.63, 3.8) is 0 Å². The van der Waals surface area contributed by atoms with Gasteiger partial charge in [0.25, 0.3) is 0 Å². The first-order chi connectivity index (χ1) is 7.90. The Kier molecular flexibility index (Phi) is 4.36. The quantitative estimate of drug-likeness (QED) is 0.804. The number of nitrogens with two attached hydrogens (primary N) is 1. The van der Waals surface area contributed by atoms with Crippen molar-refractivity contribution in [1.29, 1.82) is 0 Å². The van der Waals surface area contributed by atoms with E-state index in [1.54, 1.807) is 0 Å². The summed E-state index contributed by atoms with van der Waals surface area (Å²) in [6, 6.07) is 0. The lowest BCUT2D eigenvalue weighted by atomic mass is 10.1. The lowest BCUT2D eigenvalue weighted by Gasteiger charge is -2.26. The Morgan fingerprint density at radius 2 is 2.00 bits per heavy atom. The molecule has 2 N–H and O–H groups in total. The number of aromatic nitrogens is 2. The third-order valence-electron chi connectivity index (χ3n) is 3.30. The molecule has 1 aliphatic heterocycles. The minimum atomic E-state index is 0.704. The molecule has 0 unspecified atom stereocenters. The molecule has 90 valence electrons. The van der Waals surface area contributed by atoms with E-state index in [0.717, 1.165) is 19.5 Å². The first-order valence-electron chi connectivity index (χ1n) is 6.31. The Labute approximate surface area is 97.4 Å². The van der Waals surface area contributed by atoms with Gasteiger partial charge in [-0.3, -0.25) is 0 Å². The molecule has 1 fully saturated rings. The number of hydrogen-bond donors (Lipinski definition) is 1. The fourth-order valence-corrected chi connectivity index (χ4v) is 2.34. The van der Waals surface area contributed by atoms with Crippen molar-refractivity contribution in [2.24, 2.45) is 5.73 Å². The second-order valence-corrected chi connectivity index (χ2v) is 4.52. The molecular formula is C12H22N4. The number of likely N-dealkylation sites (tertiary alicyclic amines) is 1. The van der Waals surface area contributed by atoms with E-state index >= 15 is 0 Å². The van der Waals surface area contributed by atoms with Gasteiger partial charge in [0.15, 0.2) is 0 Å². The maximum Gasteiger partial charge on any atom is 0.0948 e. The van der Waals surface area contributed by atoms with E-state index in [1.165, 1.54) is 38.0 Å². The summed E-state index contributed by atoms with van der Waals surface area (Å²) in [4.78, 5) is 6.74. The van der Waals surface area contributed by atoms with Crippen LogP contribution in [0.5, 0.6) is 0 Å². The van der Waals surface area contributed by atoms with Crippen LogP contribution in [0.3, 0.4) is 0 Å². The largest absolute Gasteiger partial charge is 0.333 e. The van der Waals surface area contributed by atoms with Crippen molar-refractivity contribution in [2.45, 2.75) is 32.2 Å². The van der Waals surface area contributed by atoms with E-state index in [1.807, 2.05) is 12.5 Å². The van der Waals surface area contributed by atoms with Gasteiger partial charge in [0.05, 0.1) is 6.33 Å². The zero-order valence-electron chi connectivity index (χ0n) is 9.94. The molecule has 0 aromatic carbocycles. The van der Waals surface area contributed by atoms with Crippen LogP contribution < -0.4 is 5.73 Å². The molecule has 0 radical (unpaired) electrons. The molecule has 1 aliphatic rings. The van der Waals surface area contributed by atoms with Crippen molar-refractivity contribution < 1.29 is 0 Å². The Bertz CT molecular complexity index is 302. The molecule has 0 bridgehead atoms. The highest BCUT2D eigenvalue weighted by atomic mass is 15.2. The van der Waals surface area contributed by atoms with E-state index < -0.39 is 0 Å². The Morgan fingerprint density at radius 1 is 1.19 bits per heavy atom. The third kappa shape index (κ3) is 3.06. The maximum atomic E-state index is 5.58. The second kappa shape index (κ2) is 6.01. The lowest BCUT2D eigenvalue weighted by molar-refractivity contribution is 0.220. The number of nitrogens with zero attached hydrogens (tertiary/aromatic N) is 3. The number of imidazole rings is 1. The van der Waals surface area contributed by atoms with Crippen molar-refractivity contribution >= 4 is 0 Å². The predicted octanol–water partition coefficient (Wildman–Crippen LogP) is 0.870. The highest BCUT2D eigenvalue weighted by Crippen LogP contribution is 2.09. The molecule has 0 amide bonds. The molecule has 1 aromatic heterocycles. The van der Waals surface area contributed by atoms with Gasteiger partial charge < -0.3 is 15.2 Å². The maximum absolute atomic E-state index is 5.58. The zero-order chi connectivity index (χ0) is 11.2. The second-order valence-electron chi connectivity index (χ2n) is 4.52. The molecular weight excluding hydrogens is 200 g/mol. The minimum absolute atomic E-state index is 0.704. The Balaban J connectivity index is 1.81. The van der Waals surface area contributed by atoms with Gasteiger partial charge in [-0.2, -0.15) is 0 Å². The van der Waals surface area contributed by atoms with Crippen LogP contribution in [-0.2, 0) is 13.0 Å². The fraction of sp³-hybridized carbons (Fsp3) is 0.750. The van der Waals surface area contributed by atoms with E-state index in [4.69, 9.17) is 5.73 Å². The van der Waals surface area contributed by atoms with Gasteiger partial charge in [-0.15, -0.1) is 0 Å². The van der Waals surface area contributed by atoms with Crippen LogP contribution >= 0.6 is 0 Å². The predicted molar refractivity (Wildman–Crippen MR) is 65.3 cm³/mol. The number of rotatable bonds is 5. The van der Waals surface area contributed by atoms with Crippen LogP contribution in [0.2, 0.25) is 0 Å². The van der Waals surface area contributed by atoms with Crippen LogP contribution in [0.25, 0.3) is 0 Å². The molecule has 1 aromatic rings. The third-order valence-corrected chi connectivity index (χ3v) is 3.30. The van der Waals surface area contributed by atoms with E-state index in [0.29, 0.717) is 6.54 Å². The van der Waals surface area contributed by atoms with Crippen LogP contribution in [0.15, 0.2) is 12.5 Å². The first kappa shape index (κ1) is 11.6. The van der Waals surface area contributed by atoms with E-state index in [-0.39, 0.29) is 0 Å². The van der Waals surface area contributed by atoms with Gasteiger partial charge in [0.2, 0.25) is 0 Å². The monoisotopic (exact) mass is 222 g/mol. The Hall–Kier alpha value is -0.870. The first-order valence-corrected chi connectivity index (χ1v) is 6.31. The van der Waals surface area contributed by atoms with Gasteiger partial charge in [-0.1, -0.05) is 6.42 Å². The van der Waals surface area contributed by atoms with E-state index in [9.17, 15) is 0 Å². The van der Waals surface area contributed by atoms with Crippen molar-refractivity contribution in [3.05, 3.63) is 18.2 Å². The molecule has 0 spiro atoms. The molecule has 0 aliphatic carbocycles. The van der Waals surface area contributed by atoms with Gasteiger partial charge in [0, 0.05) is 31.4 Å². The summed E-state index contributed by atoms with van der Waals surface area (Å²) in [6.07, 6.45) is 8.91. The summed E-state index contributed by atoms with van der Waals surface area (Å²) in [5, 5.41) is 0. The van der Waals surface area contributed by atoms with Crippen molar-refractivity contribution in [2.75, 3.05) is 26.2 Å². The summed E-state index contributed by atoms with van der Waals surface area (Å²) in [5.41, 5.74) is 6.84. The molecule has 4 heteroatoms. The zero-order valence-corrected chi connectivity index (χ0v) is 9.94. The van der Waals surface area contributed by atoms with Crippen LogP contribution in [0, 0.1) is 0 Å². The van der Waals surface area contributed by atoms with Crippen LogP contribution in [0.4, 0.5) is 0 Å². The van der Waals surface area contributed by atoms with Gasteiger partial charge in [-0.05, 0) is 32.5 Å². The topological polar surface area (TPSA) is 47.1 Å². The molecule has 4 nitrogen and oxygen atoms in total. The molecule has 16 heavy (non-hydrogen) atoms. The van der Waals surface area contributed by atoms with Gasteiger partial charge >= 0.3 is 0 Å². The SMILES string of the molecule is NCCc1cncn1CCN1CCCCC1. The molecule has 0 saturated carbocycles. The number of hydrogen-bond acceptors (Lipinski definition) is 3.